The number of benzene rings is 1. The molecule has 1 aromatic rings. The molecule has 0 spiro atoms. The number of nitrogens with one attached hydrogen (secondary N) is 3. The second-order valence-corrected chi connectivity index (χ2v) is 7.90. The van der Waals surface area contributed by atoms with Gasteiger partial charge in [0.15, 0.2) is 0 Å². The number of nitrogens with zero attached hydrogens (tertiary/aromatic N) is 2. The number of hydrogen-bond acceptors (Lipinski definition) is 7. The van der Waals surface area contributed by atoms with Gasteiger partial charge in [-0.2, -0.15) is 0 Å². The van der Waals surface area contributed by atoms with Crippen molar-refractivity contribution in [2.75, 3.05) is 11.9 Å². The molecular formula is C21H27N5O8. The Balaban J connectivity index is 1.92. The second-order valence-electron chi connectivity index (χ2n) is 7.90. The number of anilines is 1. The van der Waals surface area contributed by atoms with E-state index in [2.05, 4.69) is 16.0 Å². The summed E-state index contributed by atoms with van der Waals surface area (Å²) >= 11 is 0. The molecule has 3 atom stereocenters. The number of rotatable bonds is 10. The molecule has 1 aliphatic rings. The molecule has 4 N–H and O–H groups in total. The normalized spacial score (nSPS) is 16.8. The van der Waals surface area contributed by atoms with E-state index < -0.39 is 52.6 Å². The van der Waals surface area contributed by atoms with E-state index in [9.17, 15) is 34.1 Å². The molecule has 1 heterocycles. The number of nitro benzene ring substituents is 1. The summed E-state index contributed by atoms with van der Waals surface area (Å²) in [5, 5.41) is 26.9. The SMILES string of the molecule is C[C@H](NC(=O)CCC(=O)O)C(=O)N[C@@H](C)C(=O)N1CCC[C@H]1C(=O)Nc1ccc([N+](=O)[O-])cc1. The van der Waals surface area contributed by atoms with Crippen LogP contribution in [0.2, 0.25) is 0 Å². The molecule has 4 amide bonds. The number of likely N-dealkylation sites (tertiary alicyclic amines) is 1. The second kappa shape index (κ2) is 11.7. The smallest absolute Gasteiger partial charge is 0.303 e. The van der Waals surface area contributed by atoms with Crippen molar-refractivity contribution in [2.24, 2.45) is 0 Å². The molecule has 34 heavy (non-hydrogen) atoms. The highest BCUT2D eigenvalue weighted by Crippen LogP contribution is 2.21. The Morgan fingerprint density at radius 1 is 1.09 bits per heavy atom. The van der Waals surface area contributed by atoms with Crippen molar-refractivity contribution in [3.05, 3.63) is 34.4 Å². The molecule has 1 aromatic carbocycles. The lowest BCUT2D eigenvalue weighted by Gasteiger charge is -2.27. The van der Waals surface area contributed by atoms with Crippen LogP contribution in [-0.4, -0.2) is 69.2 Å². The number of amides is 4. The lowest BCUT2D eigenvalue weighted by Crippen LogP contribution is -2.54. The molecule has 0 aromatic heterocycles. The van der Waals surface area contributed by atoms with Gasteiger partial charge in [-0.25, -0.2) is 0 Å². The summed E-state index contributed by atoms with van der Waals surface area (Å²) in [4.78, 5) is 71.7. The monoisotopic (exact) mass is 477 g/mol. The van der Waals surface area contributed by atoms with Crippen molar-refractivity contribution in [3.8, 4) is 0 Å². The largest absolute Gasteiger partial charge is 0.481 e. The highest BCUT2D eigenvalue weighted by Gasteiger charge is 2.36. The van der Waals surface area contributed by atoms with Gasteiger partial charge in [0, 0.05) is 30.8 Å². The molecule has 13 heteroatoms. The van der Waals surface area contributed by atoms with Crippen molar-refractivity contribution < 1.29 is 34.0 Å². The first kappa shape index (κ1) is 26.2. The van der Waals surface area contributed by atoms with Crippen LogP contribution in [-0.2, 0) is 24.0 Å². The quantitative estimate of drug-likeness (QED) is 0.275. The molecule has 184 valence electrons. The first-order valence-electron chi connectivity index (χ1n) is 10.7. The van der Waals surface area contributed by atoms with E-state index in [4.69, 9.17) is 5.11 Å². The summed E-state index contributed by atoms with van der Waals surface area (Å²) < 4.78 is 0. The van der Waals surface area contributed by atoms with Gasteiger partial charge in [0.25, 0.3) is 5.69 Å². The maximum absolute atomic E-state index is 12.9. The Hall–Kier alpha value is -4.03. The predicted octanol–water partition coefficient (Wildman–Crippen LogP) is 0.399. The molecule has 0 radical (unpaired) electrons. The highest BCUT2D eigenvalue weighted by molar-refractivity contribution is 5.99. The number of carbonyl (C=O) groups excluding carboxylic acids is 4. The third-order valence-corrected chi connectivity index (χ3v) is 5.25. The molecule has 1 aliphatic heterocycles. The van der Waals surface area contributed by atoms with Crippen molar-refractivity contribution in [1.82, 2.24) is 15.5 Å². The van der Waals surface area contributed by atoms with Gasteiger partial charge in [-0.05, 0) is 38.8 Å². The number of carbonyl (C=O) groups is 5. The fraction of sp³-hybridized carbons (Fsp3) is 0.476. The molecular weight excluding hydrogens is 450 g/mol. The van der Waals surface area contributed by atoms with Crippen LogP contribution in [0.1, 0.15) is 39.5 Å². The van der Waals surface area contributed by atoms with Gasteiger partial charge < -0.3 is 26.0 Å². The van der Waals surface area contributed by atoms with Gasteiger partial charge >= 0.3 is 5.97 Å². The zero-order chi connectivity index (χ0) is 25.4. The van der Waals surface area contributed by atoms with E-state index in [0.29, 0.717) is 25.1 Å². The molecule has 0 unspecified atom stereocenters. The van der Waals surface area contributed by atoms with Crippen molar-refractivity contribution >= 4 is 41.0 Å². The summed E-state index contributed by atoms with van der Waals surface area (Å²) in [5.74, 6) is -3.29. The average molecular weight is 477 g/mol. The van der Waals surface area contributed by atoms with Crippen LogP contribution in [0.15, 0.2) is 24.3 Å². The van der Waals surface area contributed by atoms with Crippen LogP contribution in [0, 0.1) is 10.1 Å². The van der Waals surface area contributed by atoms with E-state index in [1.54, 1.807) is 0 Å². The Bertz CT molecular complexity index is 964. The Morgan fingerprint density at radius 3 is 2.32 bits per heavy atom. The molecule has 1 saturated heterocycles. The van der Waals surface area contributed by atoms with Crippen LogP contribution in [0.3, 0.4) is 0 Å². The molecule has 1 fully saturated rings. The molecule has 0 aliphatic carbocycles. The zero-order valence-corrected chi connectivity index (χ0v) is 18.8. The third kappa shape index (κ3) is 7.25. The van der Waals surface area contributed by atoms with Crippen LogP contribution in [0.4, 0.5) is 11.4 Å². The summed E-state index contributed by atoms with van der Waals surface area (Å²) in [7, 11) is 0. The minimum Gasteiger partial charge on any atom is -0.481 e. The number of carboxylic acids is 1. The van der Waals surface area contributed by atoms with Gasteiger partial charge in [-0.1, -0.05) is 0 Å². The van der Waals surface area contributed by atoms with Crippen LogP contribution < -0.4 is 16.0 Å². The molecule has 0 saturated carbocycles. The minimum atomic E-state index is -1.13. The molecule has 2 rings (SSSR count). The van der Waals surface area contributed by atoms with Crippen molar-refractivity contribution in [3.63, 3.8) is 0 Å². The van der Waals surface area contributed by atoms with Gasteiger partial charge in [0.05, 0.1) is 11.3 Å². The number of non-ortho nitro benzene ring substituents is 1. The topological polar surface area (TPSA) is 188 Å². The lowest BCUT2D eigenvalue weighted by atomic mass is 10.1. The van der Waals surface area contributed by atoms with E-state index in [1.165, 1.54) is 43.0 Å². The lowest BCUT2D eigenvalue weighted by molar-refractivity contribution is -0.384. The fourth-order valence-corrected chi connectivity index (χ4v) is 3.44. The first-order chi connectivity index (χ1) is 16.0. The molecule has 13 nitrogen and oxygen atoms in total. The Kier molecular flexibility index (Phi) is 9.04. The fourth-order valence-electron chi connectivity index (χ4n) is 3.44. The van der Waals surface area contributed by atoms with E-state index >= 15 is 0 Å². The van der Waals surface area contributed by atoms with Crippen molar-refractivity contribution in [2.45, 2.75) is 57.7 Å². The Morgan fingerprint density at radius 2 is 1.74 bits per heavy atom. The number of hydrogen-bond donors (Lipinski definition) is 4. The van der Waals surface area contributed by atoms with E-state index in [1.807, 2.05) is 0 Å². The van der Waals surface area contributed by atoms with Crippen LogP contribution in [0.5, 0.6) is 0 Å². The summed E-state index contributed by atoms with van der Waals surface area (Å²) in [6.45, 7) is 3.18. The highest BCUT2D eigenvalue weighted by atomic mass is 16.6. The van der Waals surface area contributed by atoms with Crippen LogP contribution in [0.25, 0.3) is 0 Å². The minimum absolute atomic E-state index is 0.118. The average Bonchev–Trinajstić information content (AvgIpc) is 3.27. The van der Waals surface area contributed by atoms with E-state index in [-0.39, 0.29) is 18.5 Å². The summed E-state index contributed by atoms with van der Waals surface area (Å²) in [5.41, 5.74) is 0.233. The van der Waals surface area contributed by atoms with Gasteiger partial charge in [-0.3, -0.25) is 34.1 Å². The third-order valence-electron chi connectivity index (χ3n) is 5.25. The predicted molar refractivity (Wildman–Crippen MR) is 119 cm³/mol. The van der Waals surface area contributed by atoms with Gasteiger partial charge in [-0.15, -0.1) is 0 Å². The summed E-state index contributed by atoms with van der Waals surface area (Å²) in [6.07, 6.45) is 0.357. The number of nitro groups is 1. The van der Waals surface area contributed by atoms with Crippen LogP contribution >= 0.6 is 0 Å². The van der Waals surface area contributed by atoms with E-state index in [0.717, 1.165) is 0 Å². The van der Waals surface area contributed by atoms with Gasteiger partial charge in [0.1, 0.15) is 18.1 Å². The first-order valence-corrected chi connectivity index (χ1v) is 10.7. The maximum Gasteiger partial charge on any atom is 0.303 e. The van der Waals surface area contributed by atoms with Crippen molar-refractivity contribution in [1.29, 1.82) is 0 Å². The standard InChI is InChI=1S/C21H27N5O8/c1-12(22-17(27)9-10-18(28)29)19(30)23-13(2)21(32)25-11-3-4-16(25)20(31)24-14-5-7-15(8-6-14)26(33)34/h5-8,12-13,16H,3-4,9-11H2,1-2H3,(H,22,27)(H,23,30)(H,24,31)(H,28,29)/t12-,13-,16-/m0/s1. The Labute approximate surface area is 195 Å². The zero-order valence-electron chi connectivity index (χ0n) is 18.8. The summed E-state index contributed by atoms with van der Waals surface area (Å²) in [6, 6.07) is 2.57. The maximum atomic E-state index is 12.9. The number of carboxylic acid groups (broad SMARTS) is 1. The molecule has 0 bridgehead atoms. The number of aliphatic carboxylic acids is 1. The van der Waals surface area contributed by atoms with Gasteiger partial charge in [0.2, 0.25) is 23.6 Å².